The quantitative estimate of drug-likeness (QED) is 0.875. The lowest BCUT2D eigenvalue weighted by Gasteiger charge is -2.26. The van der Waals surface area contributed by atoms with E-state index >= 15 is 0 Å². The van der Waals surface area contributed by atoms with Gasteiger partial charge in [-0.15, -0.1) is 0 Å². The lowest BCUT2D eigenvalue weighted by atomic mass is 10.1. The van der Waals surface area contributed by atoms with Gasteiger partial charge in [-0.3, -0.25) is 4.79 Å². The first-order valence-corrected chi connectivity index (χ1v) is 7.77. The number of nitrogens with zero attached hydrogens (tertiary/aromatic N) is 1. The number of amides is 1. The van der Waals surface area contributed by atoms with E-state index in [1.165, 1.54) is 0 Å². The molecule has 5 heteroatoms. The number of aliphatic hydroxyl groups excluding tert-OH is 1. The molecule has 122 valence electrons. The maximum Gasteiger partial charge on any atom is 0.225 e. The van der Waals surface area contributed by atoms with Crippen molar-refractivity contribution in [1.82, 2.24) is 4.90 Å². The van der Waals surface area contributed by atoms with Crippen LogP contribution >= 0.6 is 0 Å². The summed E-state index contributed by atoms with van der Waals surface area (Å²) < 4.78 is 10.7. The molecule has 0 spiro atoms. The summed E-state index contributed by atoms with van der Waals surface area (Å²) in [5.74, 6) is 0.759. The van der Waals surface area contributed by atoms with E-state index in [0.29, 0.717) is 6.42 Å². The maximum absolute atomic E-state index is 12.2. The second-order valence-corrected chi connectivity index (χ2v) is 5.76. The zero-order valence-electron chi connectivity index (χ0n) is 13.3. The van der Waals surface area contributed by atoms with Crippen molar-refractivity contribution in [2.24, 2.45) is 0 Å². The Balaban J connectivity index is 1.83. The SMILES string of the molecule is COc1ccc(C(O)CN(C)C(=O)CC2CCCCO2)cc1. The molecule has 1 aromatic carbocycles. The van der Waals surface area contributed by atoms with Gasteiger partial charge in [-0.25, -0.2) is 0 Å². The minimum atomic E-state index is -0.702. The summed E-state index contributed by atoms with van der Waals surface area (Å²) in [5, 5.41) is 10.2. The van der Waals surface area contributed by atoms with Gasteiger partial charge in [0.15, 0.2) is 0 Å². The van der Waals surface area contributed by atoms with E-state index in [1.54, 1.807) is 31.2 Å². The summed E-state index contributed by atoms with van der Waals surface area (Å²) in [7, 11) is 3.32. The Hall–Kier alpha value is -1.59. The third kappa shape index (κ3) is 4.71. The fourth-order valence-corrected chi connectivity index (χ4v) is 2.61. The minimum absolute atomic E-state index is 0.0134. The van der Waals surface area contributed by atoms with Gasteiger partial charge in [0.1, 0.15) is 5.75 Å². The zero-order valence-corrected chi connectivity index (χ0v) is 13.3. The molecule has 1 N–H and O–H groups in total. The van der Waals surface area contributed by atoms with Crippen molar-refractivity contribution in [3.8, 4) is 5.75 Å². The van der Waals surface area contributed by atoms with Crippen LogP contribution in [-0.4, -0.2) is 49.3 Å². The smallest absolute Gasteiger partial charge is 0.225 e. The van der Waals surface area contributed by atoms with Crippen molar-refractivity contribution in [2.45, 2.75) is 37.9 Å². The van der Waals surface area contributed by atoms with E-state index in [1.807, 2.05) is 12.1 Å². The highest BCUT2D eigenvalue weighted by atomic mass is 16.5. The number of aliphatic hydroxyl groups is 1. The van der Waals surface area contributed by atoms with Crippen LogP contribution in [0.3, 0.4) is 0 Å². The highest BCUT2D eigenvalue weighted by Crippen LogP contribution is 2.20. The molecule has 1 amide bonds. The van der Waals surface area contributed by atoms with Crippen LogP contribution < -0.4 is 4.74 Å². The maximum atomic E-state index is 12.2. The Morgan fingerprint density at radius 1 is 1.41 bits per heavy atom. The van der Waals surface area contributed by atoms with E-state index < -0.39 is 6.10 Å². The molecule has 1 aliphatic heterocycles. The number of carbonyl (C=O) groups excluding carboxylic acids is 1. The monoisotopic (exact) mass is 307 g/mol. The molecule has 1 fully saturated rings. The Kier molecular flexibility index (Phi) is 6.21. The van der Waals surface area contributed by atoms with Gasteiger partial charge in [-0.05, 0) is 37.0 Å². The van der Waals surface area contributed by atoms with Crippen molar-refractivity contribution in [3.63, 3.8) is 0 Å². The van der Waals surface area contributed by atoms with Gasteiger partial charge in [0.05, 0.1) is 32.3 Å². The van der Waals surface area contributed by atoms with E-state index in [0.717, 1.165) is 37.2 Å². The molecule has 2 atom stereocenters. The van der Waals surface area contributed by atoms with Crippen molar-refractivity contribution < 1.29 is 19.4 Å². The molecule has 0 aromatic heterocycles. The number of ether oxygens (including phenoxy) is 2. The van der Waals surface area contributed by atoms with E-state index in [9.17, 15) is 9.90 Å². The molecule has 0 radical (unpaired) electrons. The van der Waals surface area contributed by atoms with Crippen molar-refractivity contribution >= 4 is 5.91 Å². The van der Waals surface area contributed by atoms with Gasteiger partial charge >= 0.3 is 0 Å². The van der Waals surface area contributed by atoms with Gasteiger partial charge in [-0.1, -0.05) is 12.1 Å². The first-order valence-electron chi connectivity index (χ1n) is 7.77. The van der Waals surface area contributed by atoms with Crippen LogP contribution in [0, 0.1) is 0 Å². The molecule has 0 bridgehead atoms. The molecule has 2 unspecified atom stereocenters. The highest BCUT2D eigenvalue weighted by molar-refractivity contribution is 5.76. The number of benzene rings is 1. The summed E-state index contributed by atoms with van der Waals surface area (Å²) >= 11 is 0. The Bertz CT molecular complexity index is 468. The van der Waals surface area contributed by atoms with Crippen LogP contribution in [0.5, 0.6) is 5.75 Å². The third-order valence-corrected chi connectivity index (χ3v) is 4.05. The zero-order chi connectivity index (χ0) is 15.9. The fourth-order valence-electron chi connectivity index (χ4n) is 2.61. The van der Waals surface area contributed by atoms with Crippen LogP contribution in [0.4, 0.5) is 0 Å². The van der Waals surface area contributed by atoms with Gasteiger partial charge in [-0.2, -0.15) is 0 Å². The Labute approximate surface area is 131 Å². The minimum Gasteiger partial charge on any atom is -0.497 e. The van der Waals surface area contributed by atoms with Crippen LogP contribution in [0.15, 0.2) is 24.3 Å². The molecule has 1 saturated heterocycles. The number of rotatable bonds is 6. The molecule has 1 heterocycles. The van der Waals surface area contributed by atoms with Crippen molar-refractivity contribution in [2.75, 3.05) is 27.3 Å². The summed E-state index contributed by atoms with van der Waals surface area (Å²) in [6.07, 6.45) is 2.87. The number of likely N-dealkylation sites (N-methyl/N-ethyl adjacent to an activating group) is 1. The molecule has 1 aromatic rings. The van der Waals surface area contributed by atoms with Crippen LogP contribution in [0.1, 0.15) is 37.4 Å². The molecular formula is C17H25NO4. The predicted molar refractivity (Wildman–Crippen MR) is 83.8 cm³/mol. The molecule has 22 heavy (non-hydrogen) atoms. The van der Waals surface area contributed by atoms with Gasteiger partial charge in [0.25, 0.3) is 0 Å². The van der Waals surface area contributed by atoms with Gasteiger partial charge in [0, 0.05) is 13.7 Å². The normalized spacial score (nSPS) is 19.5. The van der Waals surface area contributed by atoms with Crippen LogP contribution in [0.25, 0.3) is 0 Å². The van der Waals surface area contributed by atoms with E-state index in [2.05, 4.69) is 0 Å². The standard InChI is InChI=1S/C17H25NO4/c1-18(17(20)11-15-5-3-4-10-22-15)12-16(19)13-6-8-14(21-2)9-7-13/h6-9,15-16,19H,3-5,10-12H2,1-2H3. The lowest BCUT2D eigenvalue weighted by molar-refractivity contribution is -0.135. The van der Waals surface area contributed by atoms with E-state index in [4.69, 9.17) is 9.47 Å². The fraction of sp³-hybridized carbons (Fsp3) is 0.588. The largest absolute Gasteiger partial charge is 0.497 e. The molecule has 2 rings (SSSR count). The summed E-state index contributed by atoms with van der Waals surface area (Å²) in [4.78, 5) is 13.8. The lowest BCUT2D eigenvalue weighted by Crippen LogP contribution is -2.34. The average molecular weight is 307 g/mol. The first-order chi connectivity index (χ1) is 10.6. The van der Waals surface area contributed by atoms with Crippen molar-refractivity contribution in [3.05, 3.63) is 29.8 Å². The molecule has 5 nitrogen and oxygen atoms in total. The summed E-state index contributed by atoms with van der Waals surface area (Å²) in [5.41, 5.74) is 0.773. The molecule has 1 aliphatic rings. The Morgan fingerprint density at radius 2 is 2.14 bits per heavy atom. The van der Waals surface area contributed by atoms with Gasteiger partial charge in [0.2, 0.25) is 5.91 Å². The van der Waals surface area contributed by atoms with Gasteiger partial charge < -0.3 is 19.5 Å². The summed E-state index contributed by atoms with van der Waals surface area (Å²) in [6, 6.07) is 7.23. The number of carbonyl (C=O) groups is 1. The second-order valence-electron chi connectivity index (χ2n) is 5.76. The van der Waals surface area contributed by atoms with Crippen molar-refractivity contribution in [1.29, 1.82) is 0 Å². The van der Waals surface area contributed by atoms with Crippen LogP contribution in [-0.2, 0) is 9.53 Å². The molecule has 0 saturated carbocycles. The second kappa shape index (κ2) is 8.15. The van der Waals surface area contributed by atoms with E-state index in [-0.39, 0.29) is 18.6 Å². The highest BCUT2D eigenvalue weighted by Gasteiger charge is 2.21. The number of methoxy groups -OCH3 is 1. The Morgan fingerprint density at radius 3 is 2.73 bits per heavy atom. The third-order valence-electron chi connectivity index (χ3n) is 4.05. The predicted octanol–water partition coefficient (Wildman–Crippen LogP) is 2.15. The summed E-state index contributed by atoms with van der Waals surface area (Å²) in [6.45, 7) is 1.02. The average Bonchev–Trinajstić information content (AvgIpc) is 2.55. The van der Waals surface area contributed by atoms with Crippen LogP contribution in [0.2, 0.25) is 0 Å². The molecular weight excluding hydrogens is 282 g/mol. The first kappa shape index (κ1) is 16.8. The molecule has 0 aliphatic carbocycles. The number of hydrogen-bond acceptors (Lipinski definition) is 4. The topological polar surface area (TPSA) is 59.0 Å². The number of hydrogen-bond donors (Lipinski definition) is 1.